The van der Waals surface area contributed by atoms with Crippen molar-refractivity contribution < 1.29 is 28.2 Å². The molecule has 1 fully saturated rings. The molecule has 3 rings (SSSR count). The molecule has 154 valence electrons. The lowest BCUT2D eigenvalue weighted by Gasteiger charge is -2.37. The Morgan fingerprint density at radius 2 is 1.79 bits per heavy atom. The topological polar surface area (TPSA) is 65.1 Å². The van der Waals surface area contributed by atoms with Gasteiger partial charge in [-0.25, -0.2) is 14.0 Å². The Morgan fingerprint density at radius 1 is 1.07 bits per heavy atom. The Labute approximate surface area is 169 Å². The van der Waals surface area contributed by atoms with Crippen LogP contribution in [-0.2, 0) is 20.8 Å². The van der Waals surface area contributed by atoms with Gasteiger partial charge in [0, 0.05) is 19.0 Å². The molecule has 6 nitrogen and oxygen atoms in total. The Bertz CT molecular complexity index is 812. The molecule has 1 aliphatic heterocycles. The number of hydrogen-bond donors (Lipinski definition) is 0. The first-order valence-electron chi connectivity index (χ1n) is 9.48. The molecule has 1 amide bonds. The van der Waals surface area contributed by atoms with Crippen molar-refractivity contribution in [3.05, 3.63) is 71.5 Å². The maximum Gasteiger partial charge on any atom is 0.507 e. The van der Waals surface area contributed by atoms with Gasteiger partial charge in [-0.3, -0.25) is 0 Å². The van der Waals surface area contributed by atoms with Crippen LogP contribution in [0.4, 0.5) is 14.0 Å². The van der Waals surface area contributed by atoms with E-state index in [2.05, 4.69) is 4.74 Å². The van der Waals surface area contributed by atoms with Gasteiger partial charge in [-0.15, -0.1) is 0 Å². The Morgan fingerprint density at radius 3 is 2.48 bits per heavy atom. The second-order valence-corrected chi connectivity index (χ2v) is 6.96. The summed E-state index contributed by atoms with van der Waals surface area (Å²) in [5.74, 6) is -0.436. The van der Waals surface area contributed by atoms with Gasteiger partial charge < -0.3 is 19.1 Å². The molecule has 2 aromatic rings. The Hall–Kier alpha value is -3.09. The predicted molar refractivity (Wildman–Crippen MR) is 104 cm³/mol. The number of rotatable bonds is 5. The molecule has 2 aromatic carbocycles. The van der Waals surface area contributed by atoms with E-state index in [-0.39, 0.29) is 30.9 Å². The maximum absolute atomic E-state index is 13.3. The quantitative estimate of drug-likeness (QED) is 0.697. The van der Waals surface area contributed by atoms with Gasteiger partial charge in [0.2, 0.25) is 0 Å². The van der Waals surface area contributed by atoms with Crippen molar-refractivity contribution in [2.45, 2.75) is 18.9 Å². The molecule has 0 N–H and O–H groups in total. The molecule has 0 aliphatic carbocycles. The number of ether oxygens (including phenoxy) is 3. The van der Waals surface area contributed by atoms with Crippen molar-refractivity contribution in [3.63, 3.8) is 0 Å². The van der Waals surface area contributed by atoms with Crippen LogP contribution in [0.25, 0.3) is 0 Å². The van der Waals surface area contributed by atoms with Crippen LogP contribution in [-0.4, -0.2) is 44.0 Å². The molecule has 29 heavy (non-hydrogen) atoms. The molecule has 1 heterocycles. The number of benzene rings is 2. The van der Waals surface area contributed by atoms with Gasteiger partial charge in [0.1, 0.15) is 19.0 Å². The van der Waals surface area contributed by atoms with Crippen molar-refractivity contribution >= 4 is 12.2 Å². The lowest BCUT2D eigenvalue weighted by atomic mass is 9.81. The zero-order valence-corrected chi connectivity index (χ0v) is 16.3. The zero-order chi connectivity index (χ0) is 20.6. The number of halogens is 1. The monoisotopic (exact) mass is 401 g/mol. The van der Waals surface area contributed by atoms with E-state index < -0.39 is 12.2 Å². The molecular formula is C22H24FNO5. The van der Waals surface area contributed by atoms with Crippen LogP contribution >= 0.6 is 0 Å². The number of likely N-dealkylation sites (tertiary alicyclic amines) is 1. The number of carbonyl (C=O) groups excluding carboxylic acids is 2. The number of carbonyl (C=O) groups is 2. The third kappa shape index (κ3) is 5.70. The lowest BCUT2D eigenvalue weighted by molar-refractivity contribution is 0.0321. The normalized spacial score (nSPS) is 18.8. The number of piperidine rings is 1. The van der Waals surface area contributed by atoms with Gasteiger partial charge in [0.25, 0.3) is 0 Å². The zero-order valence-electron chi connectivity index (χ0n) is 16.3. The van der Waals surface area contributed by atoms with Crippen LogP contribution < -0.4 is 0 Å². The van der Waals surface area contributed by atoms with Gasteiger partial charge >= 0.3 is 12.2 Å². The van der Waals surface area contributed by atoms with Crippen molar-refractivity contribution in [2.24, 2.45) is 5.92 Å². The van der Waals surface area contributed by atoms with E-state index in [9.17, 15) is 14.0 Å². The summed E-state index contributed by atoms with van der Waals surface area (Å²) in [5, 5.41) is 0. The standard InChI is InChI=1S/C22H24FNO5/c1-27-22(26)29-15-18-13-24(21(25)28-14-16-5-3-2-4-6-16)12-11-20(18)17-7-9-19(23)10-8-17/h2-10,18,20H,11-15H2,1H3/t18-,20-/m0/s1. The number of amides is 1. The summed E-state index contributed by atoms with van der Waals surface area (Å²) in [7, 11) is 1.24. The molecule has 0 bridgehead atoms. The fraction of sp³-hybridized carbons (Fsp3) is 0.364. The van der Waals surface area contributed by atoms with Gasteiger partial charge in [0.05, 0.1) is 7.11 Å². The smallest absolute Gasteiger partial charge is 0.445 e. The second kappa shape index (κ2) is 9.91. The molecule has 0 spiro atoms. The summed E-state index contributed by atoms with van der Waals surface area (Å²) >= 11 is 0. The van der Waals surface area contributed by atoms with Crippen LogP contribution in [0.5, 0.6) is 0 Å². The van der Waals surface area contributed by atoms with E-state index >= 15 is 0 Å². The highest BCUT2D eigenvalue weighted by molar-refractivity contribution is 5.68. The van der Waals surface area contributed by atoms with Gasteiger partial charge in [0.15, 0.2) is 0 Å². The number of methoxy groups -OCH3 is 1. The highest BCUT2D eigenvalue weighted by Gasteiger charge is 2.34. The summed E-state index contributed by atoms with van der Waals surface area (Å²) < 4.78 is 28.4. The minimum atomic E-state index is -0.772. The highest BCUT2D eigenvalue weighted by atomic mass is 19.1. The first kappa shape index (κ1) is 20.6. The third-order valence-electron chi connectivity index (χ3n) is 5.08. The van der Waals surface area contributed by atoms with Gasteiger partial charge in [-0.05, 0) is 35.6 Å². The molecular weight excluding hydrogens is 377 g/mol. The van der Waals surface area contributed by atoms with Crippen molar-refractivity contribution in [1.82, 2.24) is 4.90 Å². The first-order chi connectivity index (χ1) is 14.1. The van der Waals surface area contributed by atoms with Gasteiger partial charge in [-0.1, -0.05) is 42.5 Å². The predicted octanol–water partition coefficient (Wildman–Crippen LogP) is 4.35. The average molecular weight is 401 g/mol. The van der Waals surface area contributed by atoms with Crippen molar-refractivity contribution in [2.75, 3.05) is 26.8 Å². The average Bonchev–Trinajstić information content (AvgIpc) is 2.77. The van der Waals surface area contributed by atoms with Crippen molar-refractivity contribution in [1.29, 1.82) is 0 Å². The van der Waals surface area contributed by atoms with E-state index in [1.54, 1.807) is 17.0 Å². The number of hydrogen-bond acceptors (Lipinski definition) is 5. The minimum absolute atomic E-state index is 0.0263. The molecule has 0 saturated carbocycles. The first-order valence-corrected chi connectivity index (χ1v) is 9.48. The van der Waals surface area contributed by atoms with E-state index in [1.165, 1.54) is 19.2 Å². The fourth-order valence-corrected chi connectivity index (χ4v) is 3.56. The molecule has 0 aromatic heterocycles. The maximum atomic E-state index is 13.3. The second-order valence-electron chi connectivity index (χ2n) is 6.96. The van der Waals surface area contributed by atoms with Crippen molar-refractivity contribution in [3.8, 4) is 0 Å². The van der Waals surface area contributed by atoms with Crippen LogP contribution in [0.1, 0.15) is 23.5 Å². The molecule has 1 aliphatic rings. The van der Waals surface area contributed by atoms with Gasteiger partial charge in [-0.2, -0.15) is 0 Å². The molecule has 2 atom stereocenters. The lowest BCUT2D eigenvalue weighted by Crippen LogP contribution is -2.45. The van der Waals surface area contributed by atoms with Crippen LogP contribution in [0.15, 0.2) is 54.6 Å². The van der Waals surface area contributed by atoms with E-state index in [4.69, 9.17) is 9.47 Å². The van der Waals surface area contributed by atoms with Crippen LogP contribution in [0.3, 0.4) is 0 Å². The summed E-state index contributed by atoms with van der Waals surface area (Å²) in [6.45, 7) is 1.16. The molecule has 1 saturated heterocycles. The largest absolute Gasteiger partial charge is 0.507 e. The van der Waals surface area contributed by atoms with Crippen LogP contribution in [0, 0.1) is 11.7 Å². The molecule has 7 heteroatoms. The molecule has 0 radical (unpaired) electrons. The highest BCUT2D eigenvalue weighted by Crippen LogP contribution is 2.34. The summed E-state index contributed by atoms with van der Waals surface area (Å²) in [4.78, 5) is 25.6. The summed E-state index contributed by atoms with van der Waals surface area (Å²) in [5.41, 5.74) is 1.86. The fourth-order valence-electron chi connectivity index (χ4n) is 3.56. The molecule has 0 unspecified atom stereocenters. The van der Waals surface area contributed by atoms with E-state index in [0.29, 0.717) is 19.5 Å². The SMILES string of the molecule is COC(=O)OC[C@@H]1CN(C(=O)OCc2ccccc2)CC[C@H]1c1ccc(F)cc1. The van der Waals surface area contributed by atoms with Crippen LogP contribution in [0.2, 0.25) is 0 Å². The van der Waals surface area contributed by atoms with E-state index in [1.807, 2.05) is 30.3 Å². The summed E-state index contributed by atoms with van der Waals surface area (Å²) in [6.07, 6.45) is -0.525. The Kier molecular flexibility index (Phi) is 7.05. The summed E-state index contributed by atoms with van der Waals surface area (Å²) in [6, 6.07) is 15.7. The Balaban J connectivity index is 1.65. The third-order valence-corrected chi connectivity index (χ3v) is 5.08. The van der Waals surface area contributed by atoms with E-state index in [0.717, 1.165) is 11.1 Å². The minimum Gasteiger partial charge on any atom is -0.445 e. The number of nitrogens with zero attached hydrogens (tertiary/aromatic N) is 1.